The summed E-state index contributed by atoms with van der Waals surface area (Å²) in [6.45, 7) is 5.80. The lowest BCUT2D eigenvalue weighted by Gasteiger charge is -2.22. The Kier molecular flexibility index (Phi) is 12.5. The molecular weight excluding hydrogens is 244 g/mol. The van der Waals surface area contributed by atoms with Crippen LogP contribution in [0.2, 0.25) is 0 Å². The average Bonchev–Trinajstić information content (AvgIpc) is 2.49. The lowest BCUT2D eigenvalue weighted by atomic mass is 9.95. The fourth-order valence-electron chi connectivity index (χ4n) is 3.18. The zero-order valence-corrected chi connectivity index (χ0v) is 13.9. The first-order valence-electron chi connectivity index (χ1n) is 9.37. The van der Waals surface area contributed by atoms with Crippen molar-refractivity contribution in [1.82, 2.24) is 10.6 Å². The Balaban J connectivity index is 1.70. The summed E-state index contributed by atoms with van der Waals surface area (Å²) in [6.07, 6.45) is 18.5. The van der Waals surface area contributed by atoms with Gasteiger partial charge in [0.15, 0.2) is 0 Å². The Morgan fingerprint density at radius 3 is 2.05 bits per heavy atom. The van der Waals surface area contributed by atoms with Crippen LogP contribution in [-0.4, -0.2) is 25.7 Å². The first kappa shape index (κ1) is 18.0. The quantitative estimate of drug-likeness (QED) is 0.481. The van der Waals surface area contributed by atoms with Crippen molar-refractivity contribution < 1.29 is 0 Å². The summed E-state index contributed by atoms with van der Waals surface area (Å²) in [7, 11) is 0. The van der Waals surface area contributed by atoms with Crippen molar-refractivity contribution in [2.24, 2.45) is 0 Å². The Hall–Kier alpha value is -0.0800. The molecule has 0 heterocycles. The van der Waals surface area contributed by atoms with E-state index >= 15 is 0 Å². The monoisotopic (exact) mass is 282 g/mol. The Morgan fingerprint density at radius 2 is 1.35 bits per heavy atom. The summed E-state index contributed by atoms with van der Waals surface area (Å²) in [6, 6.07) is 0.814. The molecule has 1 saturated carbocycles. The van der Waals surface area contributed by atoms with Crippen LogP contribution in [0.5, 0.6) is 0 Å². The molecule has 120 valence electrons. The number of rotatable bonds is 13. The van der Waals surface area contributed by atoms with Gasteiger partial charge in [0.05, 0.1) is 0 Å². The largest absolute Gasteiger partial charge is 0.315 e. The summed E-state index contributed by atoms with van der Waals surface area (Å²) in [5, 5.41) is 7.26. The molecule has 0 radical (unpaired) electrons. The van der Waals surface area contributed by atoms with Gasteiger partial charge in [-0.1, -0.05) is 71.1 Å². The predicted molar refractivity (Wildman–Crippen MR) is 90.4 cm³/mol. The van der Waals surface area contributed by atoms with Crippen LogP contribution in [0, 0.1) is 0 Å². The van der Waals surface area contributed by atoms with Crippen molar-refractivity contribution in [3.63, 3.8) is 0 Å². The molecule has 0 spiro atoms. The summed E-state index contributed by atoms with van der Waals surface area (Å²) >= 11 is 0. The maximum Gasteiger partial charge on any atom is 0.00793 e. The molecule has 1 rings (SSSR count). The lowest BCUT2D eigenvalue weighted by Crippen LogP contribution is -2.36. The summed E-state index contributed by atoms with van der Waals surface area (Å²) in [4.78, 5) is 0. The van der Waals surface area contributed by atoms with E-state index in [4.69, 9.17) is 0 Å². The number of nitrogens with one attached hydrogen (secondary N) is 2. The second kappa shape index (κ2) is 13.9. The summed E-state index contributed by atoms with van der Waals surface area (Å²) in [5.74, 6) is 0. The van der Waals surface area contributed by atoms with E-state index in [2.05, 4.69) is 17.6 Å². The molecular formula is C18H38N2. The topological polar surface area (TPSA) is 24.1 Å². The molecule has 0 aliphatic heterocycles. The van der Waals surface area contributed by atoms with Gasteiger partial charge in [-0.25, -0.2) is 0 Å². The van der Waals surface area contributed by atoms with Gasteiger partial charge in [-0.05, 0) is 25.8 Å². The first-order chi connectivity index (χ1) is 9.93. The zero-order chi connectivity index (χ0) is 14.3. The zero-order valence-electron chi connectivity index (χ0n) is 13.9. The second-order valence-electron chi connectivity index (χ2n) is 6.51. The average molecular weight is 283 g/mol. The van der Waals surface area contributed by atoms with Gasteiger partial charge in [0.25, 0.3) is 0 Å². The van der Waals surface area contributed by atoms with Gasteiger partial charge in [-0.3, -0.25) is 0 Å². The standard InChI is InChI=1S/C18H38N2/c1-2-3-4-5-6-7-8-12-15-19-16-17-20-18-13-10-9-11-14-18/h18-20H,2-17H2,1H3. The third kappa shape index (κ3) is 10.7. The maximum absolute atomic E-state index is 3.69. The van der Waals surface area contributed by atoms with E-state index in [0.29, 0.717) is 0 Å². The molecule has 1 aliphatic rings. The minimum absolute atomic E-state index is 0.814. The van der Waals surface area contributed by atoms with E-state index in [1.54, 1.807) is 0 Å². The van der Waals surface area contributed by atoms with Crippen LogP contribution in [0.3, 0.4) is 0 Å². The van der Waals surface area contributed by atoms with Crippen LogP contribution in [0.15, 0.2) is 0 Å². The van der Waals surface area contributed by atoms with Gasteiger partial charge in [-0.2, -0.15) is 0 Å². The molecule has 0 atom stereocenters. The van der Waals surface area contributed by atoms with Crippen molar-refractivity contribution in [3.05, 3.63) is 0 Å². The molecule has 2 N–H and O–H groups in total. The van der Waals surface area contributed by atoms with Crippen LogP contribution in [0.1, 0.15) is 90.4 Å². The number of unbranched alkanes of at least 4 members (excludes halogenated alkanes) is 7. The van der Waals surface area contributed by atoms with E-state index in [1.165, 1.54) is 90.0 Å². The highest BCUT2D eigenvalue weighted by molar-refractivity contribution is 4.71. The van der Waals surface area contributed by atoms with Gasteiger partial charge >= 0.3 is 0 Å². The van der Waals surface area contributed by atoms with E-state index in [9.17, 15) is 0 Å². The smallest absolute Gasteiger partial charge is 0.00793 e. The van der Waals surface area contributed by atoms with Crippen LogP contribution in [0.25, 0.3) is 0 Å². The number of hydrogen-bond donors (Lipinski definition) is 2. The van der Waals surface area contributed by atoms with Crippen molar-refractivity contribution in [1.29, 1.82) is 0 Å². The lowest BCUT2D eigenvalue weighted by molar-refractivity contribution is 0.372. The molecule has 1 aliphatic carbocycles. The molecule has 0 bridgehead atoms. The van der Waals surface area contributed by atoms with E-state index in [-0.39, 0.29) is 0 Å². The van der Waals surface area contributed by atoms with Gasteiger partial charge in [0.2, 0.25) is 0 Å². The first-order valence-corrected chi connectivity index (χ1v) is 9.37. The molecule has 20 heavy (non-hydrogen) atoms. The van der Waals surface area contributed by atoms with Crippen molar-refractivity contribution >= 4 is 0 Å². The molecule has 2 heteroatoms. The van der Waals surface area contributed by atoms with Gasteiger partial charge in [0.1, 0.15) is 0 Å². The fourth-order valence-corrected chi connectivity index (χ4v) is 3.18. The summed E-state index contributed by atoms with van der Waals surface area (Å²) < 4.78 is 0. The predicted octanol–water partition coefficient (Wildman–Crippen LogP) is 4.64. The maximum atomic E-state index is 3.69. The SMILES string of the molecule is CCCCCCCCCCNCCNC1CCCCC1. The second-order valence-corrected chi connectivity index (χ2v) is 6.51. The molecule has 0 aromatic rings. The minimum atomic E-state index is 0.814. The van der Waals surface area contributed by atoms with E-state index in [0.717, 1.165) is 19.1 Å². The highest BCUT2D eigenvalue weighted by Crippen LogP contribution is 2.16. The molecule has 2 nitrogen and oxygen atoms in total. The Morgan fingerprint density at radius 1 is 0.700 bits per heavy atom. The third-order valence-corrected chi connectivity index (χ3v) is 4.55. The van der Waals surface area contributed by atoms with E-state index in [1.807, 2.05) is 0 Å². The van der Waals surface area contributed by atoms with Crippen molar-refractivity contribution in [2.45, 2.75) is 96.4 Å². The Bertz CT molecular complexity index is 188. The number of hydrogen-bond acceptors (Lipinski definition) is 2. The van der Waals surface area contributed by atoms with Gasteiger partial charge in [0, 0.05) is 19.1 Å². The van der Waals surface area contributed by atoms with Gasteiger partial charge < -0.3 is 10.6 Å². The highest BCUT2D eigenvalue weighted by atomic mass is 15.0. The molecule has 0 amide bonds. The third-order valence-electron chi connectivity index (χ3n) is 4.55. The van der Waals surface area contributed by atoms with Crippen LogP contribution < -0.4 is 10.6 Å². The Labute approximate surface area is 127 Å². The minimum Gasteiger partial charge on any atom is -0.315 e. The van der Waals surface area contributed by atoms with Crippen LogP contribution in [0.4, 0.5) is 0 Å². The van der Waals surface area contributed by atoms with E-state index < -0.39 is 0 Å². The molecule has 0 unspecified atom stereocenters. The van der Waals surface area contributed by atoms with Gasteiger partial charge in [-0.15, -0.1) is 0 Å². The summed E-state index contributed by atoms with van der Waals surface area (Å²) in [5.41, 5.74) is 0. The van der Waals surface area contributed by atoms with Crippen LogP contribution >= 0.6 is 0 Å². The molecule has 0 aromatic heterocycles. The fraction of sp³-hybridized carbons (Fsp3) is 1.00. The normalized spacial score (nSPS) is 16.6. The van der Waals surface area contributed by atoms with Crippen molar-refractivity contribution in [3.8, 4) is 0 Å². The molecule has 1 fully saturated rings. The molecule has 0 aromatic carbocycles. The molecule has 0 saturated heterocycles. The van der Waals surface area contributed by atoms with Crippen LogP contribution in [-0.2, 0) is 0 Å². The highest BCUT2D eigenvalue weighted by Gasteiger charge is 2.11. The van der Waals surface area contributed by atoms with Crippen molar-refractivity contribution in [2.75, 3.05) is 19.6 Å².